The van der Waals surface area contributed by atoms with E-state index in [1.54, 1.807) is 0 Å². The van der Waals surface area contributed by atoms with Gasteiger partial charge in [0.05, 0.1) is 67.1 Å². The van der Waals surface area contributed by atoms with Gasteiger partial charge in [0.25, 0.3) is 0 Å². The van der Waals surface area contributed by atoms with Crippen molar-refractivity contribution in [3.05, 3.63) is 78.4 Å². The van der Waals surface area contributed by atoms with E-state index >= 15 is 0 Å². The minimum atomic E-state index is -0.700. The lowest BCUT2D eigenvalue weighted by molar-refractivity contribution is -0.854. The Kier molecular flexibility index (Phi) is 11.3. The standard InChI is InChI=1S/C46H53N9O6/c1-25(2)39(52-45(58)60-6)43(56)54-20-8-10-37(54)41-48-33-19-15-30(24-36(33)50-41)32-17-14-29-22-27(12-16-31(29)47-32)28-13-18-34-35(23-28)51-42(49-34)38-11-9-21-55(38,5)44(57)40(26(3)4)53-46(59)61-7/h12-19,22-26,37-40H,8-11,20-21H2,1-7H3,(H3-,47,48,49,50,51,52,53,58,59)/p+1/t37-,38-,39-,40-,55?/m0/s1. The number of benzene rings is 3. The first-order valence-electron chi connectivity index (χ1n) is 21.1. The number of aromatic amines is 2. The molecule has 1 unspecified atom stereocenters. The van der Waals surface area contributed by atoms with Crippen molar-refractivity contribution in [2.75, 3.05) is 34.4 Å². The van der Waals surface area contributed by atoms with Gasteiger partial charge in [-0.15, -0.1) is 0 Å². The number of amides is 4. The Balaban J connectivity index is 1.00. The highest BCUT2D eigenvalue weighted by Gasteiger charge is 2.50. The number of hydrogen-bond acceptors (Lipinski definition) is 9. The summed E-state index contributed by atoms with van der Waals surface area (Å²) >= 11 is 0. The van der Waals surface area contributed by atoms with Crippen molar-refractivity contribution in [1.29, 1.82) is 0 Å². The molecule has 15 nitrogen and oxygen atoms in total. The second-order valence-corrected chi connectivity index (χ2v) is 17.2. The number of likely N-dealkylation sites (tertiary alicyclic amines) is 2. The summed E-state index contributed by atoms with van der Waals surface area (Å²) in [6, 6.07) is 20.8. The SMILES string of the molecule is COC(=O)N[C@H](C(=O)N1CCC[C@H]1c1nc2ccc(-c3ccc4cc(-c5ccc6nc([C@@H]7CCC[N+]7(C)C(=O)[C@@H](NC(=O)OC)C(C)C)[nH]c6c5)ccc4n3)cc2[nH]1)C(C)C. The van der Waals surface area contributed by atoms with Gasteiger partial charge in [-0.05, 0) is 78.3 Å². The molecule has 6 aromatic rings. The van der Waals surface area contributed by atoms with Crippen LogP contribution < -0.4 is 10.6 Å². The van der Waals surface area contributed by atoms with Crippen LogP contribution in [0, 0.1) is 11.8 Å². The van der Waals surface area contributed by atoms with Gasteiger partial charge in [0, 0.05) is 30.3 Å². The number of quaternary nitrogens is 1. The van der Waals surface area contributed by atoms with Gasteiger partial charge in [0.2, 0.25) is 5.91 Å². The Labute approximate surface area is 354 Å². The maximum Gasteiger partial charge on any atom is 0.407 e. The van der Waals surface area contributed by atoms with E-state index in [0.717, 1.165) is 92.7 Å². The largest absolute Gasteiger partial charge is 0.453 e. The number of ether oxygens (including phenoxy) is 2. The predicted octanol–water partition coefficient (Wildman–Crippen LogP) is 7.55. The highest BCUT2D eigenvalue weighted by molar-refractivity contribution is 5.90. The quantitative estimate of drug-likeness (QED) is 0.101. The van der Waals surface area contributed by atoms with Crippen molar-refractivity contribution in [1.82, 2.24) is 40.5 Å². The van der Waals surface area contributed by atoms with Crippen molar-refractivity contribution in [3.8, 4) is 22.4 Å². The molecule has 5 atom stereocenters. The van der Waals surface area contributed by atoms with E-state index in [1.165, 1.54) is 14.2 Å². The number of nitrogens with one attached hydrogen (secondary N) is 4. The third-order valence-corrected chi connectivity index (χ3v) is 12.6. The Morgan fingerprint density at radius 2 is 1.30 bits per heavy atom. The molecule has 0 radical (unpaired) electrons. The first-order chi connectivity index (χ1) is 29.3. The van der Waals surface area contributed by atoms with Crippen molar-refractivity contribution in [2.24, 2.45) is 11.8 Å². The van der Waals surface area contributed by atoms with Gasteiger partial charge >= 0.3 is 18.1 Å². The number of methoxy groups -OCH3 is 2. The number of aromatic nitrogens is 5. The zero-order valence-electron chi connectivity index (χ0n) is 35.7. The van der Waals surface area contributed by atoms with Crippen LogP contribution in [0.5, 0.6) is 0 Å². The van der Waals surface area contributed by atoms with Crippen molar-refractivity contribution >= 4 is 57.0 Å². The highest BCUT2D eigenvalue weighted by Crippen LogP contribution is 2.39. The van der Waals surface area contributed by atoms with Gasteiger partial charge in [0.15, 0.2) is 11.9 Å². The molecular formula is C46H54N9O6+. The first-order valence-corrected chi connectivity index (χ1v) is 21.1. The number of nitrogens with zero attached hydrogens (tertiary/aromatic N) is 5. The molecule has 15 heteroatoms. The molecule has 4 amide bonds. The summed E-state index contributed by atoms with van der Waals surface area (Å²) in [6.07, 6.45) is 2.03. The van der Waals surface area contributed by atoms with E-state index in [0.29, 0.717) is 13.1 Å². The van der Waals surface area contributed by atoms with Crippen LogP contribution in [-0.2, 0) is 19.1 Å². The van der Waals surface area contributed by atoms with Gasteiger partial charge in [-0.3, -0.25) is 9.28 Å². The fourth-order valence-corrected chi connectivity index (χ4v) is 9.11. The van der Waals surface area contributed by atoms with Gasteiger partial charge in [-0.1, -0.05) is 52.0 Å². The summed E-state index contributed by atoms with van der Waals surface area (Å²) in [6.45, 7) is 8.90. The first kappa shape index (κ1) is 41.4. The zero-order chi connectivity index (χ0) is 43.2. The summed E-state index contributed by atoms with van der Waals surface area (Å²) in [4.78, 5) is 75.6. The topological polar surface area (TPSA) is 184 Å². The molecule has 3 aromatic carbocycles. The van der Waals surface area contributed by atoms with Crippen LogP contribution in [0.2, 0.25) is 0 Å². The lowest BCUT2D eigenvalue weighted by Gasteiger charge is -2.36. The molecule has 0 bridgehead atoms. The maximum atomic E-state index is 14.0. The van der Waals surface area contributed by atoms with Crippen LogP contribution in [0.4, 0.5) is 9.59 Å². The molecular weight excluding hydrogens is 775 g/mol. The van der Waals surface area contributed by atoms with Gasteiger partial charge in [0.1, 0.15) is 17.9 Å². The number of alkyl carbamates (subject to hydrolysis) is 2. The van der Waals surface area contributed by atoms with Crippen LogP contribution in [0.25, 0.3) is 55.4 Å². The van der Waals surface area contributed by atoms with E-state index in [2.05, 4.69) is 50.9 Å². The Hall–Kier alpha value is -6.35. The molecule has 2 aliphatic heterocycles. The number of likely N-dealkylation sites (N-methyl/N-ethyl adjacent to an activating group) is 1. The lowest BCUT2D eigenvalue weighted by Crippen LogP contribution is -2.59. The fraction of sp³-hybridized carbons (Fsp3) is 0.413. The van der Waals surface area contributed by atoms with Gasteiger partial charge in [-0.25, -0.2) is 29.3 Å². The summed E-state index contributed by atoms with van der Waals surface area (Å²) < 4.78 is 9.75. The average molecular weight is 829 g/mol. The average Bonchev–Trinajstić information content (AvgIpc) is 4.08. The summed E-state index contributed by atoms with van der Waals surface area (Å²) in [5, 5.41) is 6.47. The molecule has 0 spiro atoms. The number of hydrogen-bond donors (Lipinski definition) is 4. The van der Waals surface area contributed by atoms with E-state index in [9.17, 15) is 19.2 Å². The van der Waals surface area contributed by atoms with Crippen LogP contribution in [0.3, 0.4) is 0 Å². The summed E-state index contributed by atoms with van der Waals surface area (Å²) in [7, 11) is 4.54. The number of H-pyrrole nitrogens is 2. The summed E-state index contributed by atoms with van der Waals surface area (Å²) in [5.74, 6) is 1.06. The smallest absolute Gasteiger partial charge is 0.407 e. The van der Waals surface area contributed by atoms with Crippen molar-refractivity contribution in [2.45, 2.75) is 77.5 Å². The monoisotopic (exact) mass is 828 g/mol. The van der Waals surface area contributed by atoms with Crippen LogP contribution in [0.15, 0.2) is 66.7 Å². The van der Waals surface area contributed by atoms with E-state index in [-0.39, 0.29) is 40.2 Å². The number of fused-ring (bicyclic) bond motifs is 3. The molecule has 8 rings (SSSR count). The van der Waals surface area contributed by atoms with Gasteiger partial charge in [-0.2, -0.15) is 0 Å². The molecule has 0 aliphatic carbocycles. The number of imidazole rings is 2. The third-order valence-electron chi connectivity index (χ3n) is 12.6. The molecule has 5 heterocycles. The number of rotatable bonds is 10. The predicted molar refractivity (Wildman–Crippen MR) is 232 cm³/mol. The van der Waals surface area contributed by atoms with E-state index in [4.69, 9.17) is 24.4 Å². The number of carbonyl (C=O) groups excluding carboxylic acids is 4. The maximum absolute atomic E-state index is 14.0. The number of carbonyl (C=O) groups is 4. The molecule has 2 saturated heterocycles. The normalized spacial score (nSPS) is 20.1. The summed E-state index contributed by atoms with van der Waals surface area (Å²) in [5.41, 5.74) is 8.06. The molecule has 2 fully saturated rings. The minimum absolute atomic E-state index is 0.0539. The third kappa shape index (κ3) is 7.89. The van der Waals surface area contributed by atoms with Crippen molar-refractivity contribution in [3.63, 3.8) is 0 Å². The van der Waals surface area contributed by atoms with Crippen molar-refractivity contribution < 1.29 is 33.1 Å². The Morgan fingerprint density at radius 1 is 0.705 bits per heavy atom. The molecule has 0 saturated carbocycles. The van der Waals surface area contributed by atoms with Gasteiger partial charge < -0.3 is 35.0 Å². The Bertz CT molecular complexity index is 2650. The van der Waals surface area contributed by atoms with E-state index < -0.39 is 24.3 Å². The van der Waals surface area contributed by atoms with Crippen LogP contribution in [0.1, 0.15) is 77.1 Å². The second-order valence-electron chi connectivity index (χ2n) is 17.2. The second kappa shape index (κ2) is 16.6. The molecule has 318 valence electrons. The molecule has 3 aromatic heterocycles. The molecule has 4 N–H and O–H groups in total. The van der Waals surface area contributed by atoms with Crippen LogP contribution in [-0.4, -0.2) is 105 Å². The molecule has 61 heavy (non-hydrogen) atoms. The Morgan fingerprint density at radius 3 is 1.97 bits per heavy atom. The number of pyridine rings is 1. The lowest BCUT2D eigenvalue weighted by atomic mass is 10.0. The molecule has 2 aliphatic rings. The minimum Gasteiger partial charge on any atom is -0.453 e. The zero-order valence-corrected chi connectivity index (χ0v) is 35.7. The van der Waals surface area contributed by atoms with Crippen LogP contribution >= 0.6 is 0 Å². The highest BCUT2D eigenvalue weighted by atomic mass is 16.5. The van der Waals surface area contributed by atoms with E-state index in [1.807, 2.05) is 76.0 Å². The fourth-order valence-electron chi connectivity index (χ4n) is 9.11.